The minimum absolute atomic E-state index is 0.343. The van der Waals surface area contributed by atoms with Crippen molar-refractivity contribution in [3.05, 3.63) is 35.9 Å². The topological polar surface area (TPSA) is 40.3 Å². The van der Waals surface area contributed by atoms with Crippen molar-refractivity contribution in [3.63, 3.8) is 0 Å². The van der Waals surface area contributed by atoms with E-state index in [-0.39, 0.29) is 0 Å². The first-order chi connectivity index (χ1) is 6.45. The summed E-state index contributed by atoms with van der Waals surface area (Å²) in [6, 6.07) is 0.343. The van der Waals surface area contributed by atoms with E-state index in [4.69, 9.17) is 0 Å². The van der Waals surface area contributed by atoms with Crippen molar-refractivity contribution in [2.24, 2.45) is 15.2 Å². The number of aliphatic imine (C=N–C) groups is 1. The molecular formula is C9H8N4. The molecule has 0 saturated carbocycles. The van der Waals surface area contributed by atoms with Crippen LogP contribution in [0.5, 0.6) is 0 Å². The molecule has 0 saturated heterocycles. The van der Waals surface area contributed by atoms with Crippen LogP contribution in [-0.2, 0) is 0 Å². The number of azo groups is 1. The predicted octanol–water partition coefficient (Wildman–Crippen LogP) is 1.46. The molecule has 0 bridgehead atoms. The van der Waals surface area contributed by atoms with Crippen LogP contribution in [0.4, 0.5) is 0 Å². The first-order valence-electron chi connectivity index (χ1n) is 4.22. The van der Waals surface area contributed by atoms with Crippen LogP contribution >= 0.6 is 0 Å². The summed E-state index contributed by atoms with van der Waals surface area (Å²) in [7, 11) is 0. The van der Waals surface area contributed by atoms with Gasteiger partial charge in [0.2, 0.25) is 0 Å². The third-order valence-electron chi connectivity index (χ3n) is 2.40. The maximum Gasteiger partial charge on any atom is 0.0852 e. The van der Waals surface area contributed by atoms with Gasteiger partial charge in [0.1, 0.15) is 0 Å². The molecule has 0 fully saturated rings. The summed E-state index contributed by atoms with van der Waals surface area (Å²) >= 11 is 0. The molecule has 1 atom stereocenters. The quantitative estimate of drug-likeness (QED) is 0.545. The molecule has 4 nitrogen and oxygen atoms in total. The van der Waals surface area contributed by atoms with Crippen molar-refractivity contribution in [2.45, 2.75) is 6.04 Å². The first-order valence-corrected chi connectivity index (χ1v) is 4.22. The summed E-state index contributed by atoms with van der Waals surface area (Å²) < 4.78 is 0. The molecule has 0 aliphatic carbocycles. The van der Waals surface area contributed by atoms with Gasteiger partial charge >= 0.3 is 0 Å². The van der Waals surface area contributed by atoms with Gasteiger partial charge < -0.3 is 4.90 Å². The number of allylic oxidation sites excluding steroid dienone is 1. The lowest BCUT2D eigenvalue weighted by Gasteiger charge is -2.25. The Kier molecular flexibility index (Phi) is 1.24. The van der Waals surface area contributed by atoms with E-state index in [2.05, 4.69) is 26.2 Å². The Morgan fingerprint density at radius 3 is 3.46 bits per heavy atom. The van der Waals surface area contributed by atoms with Crippen LogP contribution in [-0.4, -0.2) is 23.7 Å². The monoisotopic (exact) mass is 172 g/mol. The van der Waals surface area contributed by atoms with E-state index >= 15 is 0 Å². The number of rotatable bonds is 0. The average Bonchev–Trinajstić information content (AvgIpc) is 2.56. The molecule has 3 aliphatic rings. The molecule has 13 heavy (non-hydrogen) atoms. The highest BCUT2D eigenvalue weighted by Gasteiger charge is 2.29. The zero-order valence-electron chi connectivity index (χ0n) is 6.96. The Bertz CT molecular complexity index is 386. The average molecular weight is 172 g/mol. The highest BCUT2D eigenvalue weighted by atomic mass is 15.2. The van der Waals surface area contributed by atoms with Gasteiger partial charge in [-0.2, -0.15) is 10.2 Å². The molecule has 4 heteroatoms. The van der Waals surface area contributed by atoms with Gasteiger partial charge in [-0.3, -0.25) is 4.99 Å². The summed E-state index contributed by atoms with van der Waals surface area (Å²) in [6.45, 7) is 0.740. The normalized spacial score (nSPS) is 28.3. The Hall–Kier alpha value is -1.71. The van der Waals surface area contributed by atoms with Crippen molar-refractivity contribution in [1.82, 2.24) is 4.90 Å². The van der Waals surface area contributed by atoms with E-state index in [0.29, 0.717) is 6.04 Å². The molecule has 0 aromatic carbocycles. The van der Waals surface area contributed by atoms with Crippen LogP contribution < -0.4 is 0 Å². The number of fused-ring (bicyclic) bond motifs is 3. The van der Waals surface area contributed by atoms with Crippen molar-refractivity contribution in [2.75, 3.05) is 6.54 Å². The summed E-state index contributed by atoms with van der Waals surface area (Å²) in [5.41, 5.74) is 2.36. The second-order valence-corrected chi connectivity index (χ2v) is 3.14. The third-order valence-corrected chi connectivity index (χ3v) is 2.40. The fraction of sp³-hybridized carbons (Fsp3) is 0.222. The molecule has 0 aromatic rings. The van der Waals surface area contributed by atoms with E-state index in [9.17, 15) is 0 Å². The lowest BCUT2D eigenvalue weighted by Crippen LogP contribution is -2.30. The van der Waals surface area contributed by atoms with Gasteiger partial charge in [0.15, 0.2) is 0 Å². The number of hydrogen-bond donors (Lipinski definition) is 0. The van der Waals surface area contributed by atoms with Gasteiger partial charge in [0, 0.05) is 12.4 Å². The van der Waals surface area contributed by atoms with Gasteiger partial charge in [0.05, 0.1) is 30.7 Å². The number of hydrogen-bond acceptors (Lipinski definition) is 4. The molecule has 0 aromatic heterocycles. The standard InChI is InChI=1S/C9H8N4/c1-2-13-8(5-10-1)3-7-4-11-12-6-9(7)13/h1-5,9H,6H2. The van der Waals surface area contributed by atoms with E-state index < -0.39 is 0 Å². The summed E-state index contributed by atoms with van der Waals surface area (Å²) in [5.74, 6) is 0. The Morgan fingerprint density at radius 1 is 1.46 bits per heavy atom. The second-order valence-electron chi connectivity index (χ2n) is 3.14. The lowest BCUT2D eigenvalue weighted by atomic mass is 10.1. The maximum absolute atomic E-state index is 4.07. The van der Waals surface area contributed by atoms with E-state index in [0.717, 1.165) is 12.2 Å². The molecule has 1 unspecified atom stereocenters. The molecule has 64 valence electrons. The lowest BCUT2D eigenvalue weighted by molar-refractivity contribution is 0.416. The van der Waals surface area contributed by atoms with Crippen LogP contribution in [0.15, 0.2) is 51.2 Å². The van der Waals surface area contributed by atoms with Crippen molar-refractivity contribution >= 4 is 6.21 Å². The second kappa shape index (κ2) is 2.39. The van der Waals surface area contributed by atoms with Crippen molar-refractivity contribution in [3.8, 4) is 0 Å². The molecule has 3 heterocycles. The molecule has 0 spiro atoms. The largest absolute Gasteiger partial charge is 0.336 e. The highest BCUT2D eigenvalue weighted by molar-refractivity contribution is 5.82. The zero-order valence-corrected chi connectivity index (χ0v) is 6.96. The smallest absolute Gasteiger partial charge is 0.0852 e. The van der Waals surface area contributed by atoms with E-state index in [1.54, 1.807) is 6.20 Å². The fourth-order valence-corrected chi connectivity index (χ4v) is 1.75. The molecule has 0 radical (unpaired) electrons. The van der Waals surface area contributed by atoms with Gasteiger partial charge in [-0.15, -0.1) is 0 Å². The van der Waals surface area contributed by atoms with Gasteiger partial charge in [-0.05, 0) is 11.6 Å². The SMILES string of the molecule is C1=CN2C(=CC3=CN=NCC32)C=N1. The van der Waals surface area contributed by atoms with Crippen molar-refractivity contribution in [1.29, 1.82) is 0 Å². The van der Waals surface area contributed by atoms with Gasteiger partial charge in [0.25, 0.3) is 0 Å². The van der Waals surface area contributed by atoms with Crippen LogP contribution in [0.2, 0.25) is 0 Å². The Morgan fingerprint density at radius 2 is 2.46 bits per heavy atom. The van der Waals surface area contributed by atoms with Crippen molar-refractivity contribution < 1.29 is 0 Å². The van der Waals surface area contributed by atoms with Gasteiger partial charge in [-0.1, -0.05) is 0 Å². The molecular weight excluding hydrogens is 164 g/mol. The Labute approximate surface area is 75.7 Å². The summed E-state index contributed by atoms with van der Waals surface area (Å²) in [5, 5.41) is 7.91. The van der Waals surface area contributed by atoms with Crippen LogP contribution in [0.1, 0.15) is 0 Å². The molecule has 0 amide bonds. The first kappa shape index (κ1) is 6.77. The van der Waals surface area contributed by atoms with Gasteiger partial charge in [-0.25, -0.2) is 0 Å². The predicted molar refractivity (Wildman–Crippen MR) is 49.1 cm³/mol. The summed E-state index contributed by atoms with van der Waals surface area (Å²) in [4.78, 5) is 6.25. The van der Waals surface area contributed by atoms with E-state index in [1.165, 1.54) is 5.57 Å². The zero-order chi connectivity index (χ0) is 8.67. The van der Waals surface area contributed by atoms with Crippen LogP contribution in [0.3, 0.4) is 0 Å². The van der Waals surface area contributed by atoms with Crippen LogP contribution in [0.25, 0.3) is 0 Å². The molecule has 0 N–H and O–H groups in total. The minimum Gasteiger partial charge on any atom is -0.336 e. The fourth-order valence-electron chi connectivity index (χ4n) is 1.75. The third kappa shape index (κ3) is 0.884. The van der Waals surface area contributed by atoms with E-state index in [1.807, 2.05) is 18.6 Å². The molecule has 3 aliphatic heterocycles. The highest BCUT2D eigenvalue weighted by Crippen LogP contribution is 2.29. The maximum atomic E-state index is 4.07. The van der Waals surface area contributed by atoms with Crippen LogP contribution in [0, 0.1) is 0 Å². The molecule has 3 rings (SSSR count). The number of nitrogens with zero attached hydrogens (tertiary/aromatic N) is 4. The Balaban J connectivity index is 2.06. The summed E-state index contributed by atoms with van der Waals surface area (Å²) in [6.07, 6.45) is 9.57. The minimum atomic E-state index is 0.343.